The van der Waals surface area contributed by atoms with Crippen LogP contribution in [0.3, 0.4) is 0 Å². The van der Waals surface area contributed by atoms with E-state index in [1.165, 1.54) is 16.8 Å². The quantitative estimate of drug-likeness (QED) is 0.438. The maximum Gasteiger partial charge on any atom is 0.334 e. The Hall–Kier alpha value is -0.290. The number of carbonyl (C=O) groups excluding carboxylic acids is 1. The number of hydrogen-bond acceptors (Lipinski definition) is 2. The summed E-state index contributed by atoms with van der Waals surface area (Å²) in [4.78, 5) is 13.7. The first-order valence-electron chi connectivity index (χ1n) is 5.62. The van der Waals surface area contributed by atoms with Gasteiger partial charge in [-0.15, -0.1) is 11.6 Å². The van der Waals surface area contributed by atoms with Crippen molar-refractivity contribution in [3.8, 4) is 0 Å². The first-order chi connectivity index (χ1) is 8.97. The van der Waals surface area contributed by atoms with Gasteiger partial charge in [-0.2, -0.15) is 0 Å². The molecule has 1 rings (SSSR count). The smallest absolute Gasteiger partial charge is 0.330 e. The third-order valence-corrected chi connectivity index (χ3v) is 4.30. The third-order valence-electron chi connectivity index (χ3n) is 2.19. The second-order valence-electron chi connectivity index (χ2n) is 3.95. The van der Waals surface area contributed by atoms with E-state index in [0.29, 0.717) is 21.6 Å². The van der Waals surface area contributed by atoms with E-state index in [0.717, 1.165) is 12.2 Å². The fourth-order valence-corrected chi connectivity index (χ4v) is 2.82. The number of urea groups is 1. The number of carbonyl (C=O) groups is 1. The lowest BCUT2D eigenvalue weighted by Crippen LogP contribution is -2.35. The highest BCUT2D eigenvalue weighted by atomic mass is 35.5. The summed E-state index contributed by atoms with van der Waals surface area (Å²) in [6.07, 6.45) is 0.824. The molecule has 0 aliphatic rings. The van der Waals surface area contributed by atoms with Crippen molar-refractivity contribution >= 4 is 58.5 Å². The van der Waals surface area contributed by atoms with Gasteiger partial charge in [0.25, 0.3) is 0 Å². The molecule has 0 aliphatic carbocycles. The number of anilines is 1. The molecule has 0 spiro atoms. The highest BCUT2D eigenvalue weighted by molar-refractivity contribution is 8.01. The van der Waals surface area contributed by atoms with Crippen molar-refractivity contribution < 1.29 is 4.79 Å². The van der Waals surface area contributed by atoms with Crippen LogP contribution in [0.4, 0.5) is 10.5 Å². The largest absolute Gasteiger partial charge is 0.334 e. The van der Waals surface area contributed by atoms with E-state index >= 15 is 0 Å². The van der Waals surface area contributed by atoms with Crippen molar-refractivity contribution in [1.82, 2.24) is 4.90 Å². The molecular formula is C12H15Cl3N2OS. The van der Waals surface area contributed by atoms with Gasteiger partial charge in [-0.05, 0) is 36.6 Å². The standard InChI is InChI=1S/C12H15Cl3N2OS/c1-16(2)12(18)17(19-7-3-6-13)9-4-5-10(14)11(15)8-9/h4-5,8H,3,6-7H2,1-2H3. The van der Waals surface area contributed by atoms with Gasteiger partial charge in [0.05, 0.1) is 15.7 Å². The SMILES string of the molecule is CN(C)C(=O)N(SCCCCl)c1ccc(Cl)c(Cl)c1. The van der Waals surface area contributed by atoms with Gasteiger partial charge in [-0.1, -0.05) is 23.2 Å². The highest BCUT2D eigenvalue weighted by Gasteiger charge is 2.19. The van der Waals surface area contributed by atoms with Gasteiger partial charge in [0, 0.05) is 25.7 Å². The molecule has 0 unspecified atom stereocenters. The number of nitrogens with zero attached hydrogens (tertiary/aromatic N) is 2. The monoisotopic (exact) mass is 340 g/mol. The third kappa shape index (κ3) is 4.95. The van der Waals surface area contributed by atoms with Crippen LogP contribution in [0.1, 0.15) is 6.42 Å². The van der Waals surface area contributed by atoms with Crippen molar-refractivity contribution in [1.29, 1.82) is 0 Å². The molecule has 0 atom stereocenters. The zero-order chi connectivity index (χ0) is 14.4. The summed E-state index contributed by atoms with van der Waals surface area (Å²) < 4.78 is 1.59. The molecule has 19 heavy (non-hydrogen) atoms. The minimum absolute atomic E-state index is 0.127. The van der Waals surface area contributed by atoms with Crippen LogP contribution in [0.25, 0.3) is 0 Å². The maximum absolute atomic E-state index is 12.2. The van der Waals surface area contributed by atoms with Gasteiger partial charge in [0.1, 0.15) is 0 Å². The van der Waals surface area contributed by atoms with Crippen LogP contribution in [-0.4, -0.2) is 36.7 Å². The van der Waals surface area contributed by atoms with Gasteiger partial charge in [-0.25, -0.2) is 9.10 Å². The molecule has 2 amide bonds. The Morgan fingerprint density at radius 2 is 1.95 bits per heavy atom. The van der Waals surface area contributed by atoms with E-state index in [4.69, 9.17) is 34.8 Å². The van der Waals surface area contributed by atoms with E-state index in [2.05, 4.69) is 0 Å². The van der Waals surface area contributed by atoms with Gasteiger partial charge in [0.15, 0.2) is 0 Å². The molecule has 0 fully saturated rings. The number of benzene rings is 1. The molecule has 0 N–H and O–H groups in total. The summed E-state index contributed by atoms with van der Waals surface area (Å²) in [5.41, 5.74) is 0.702. The van der Waals surface area contributed by atoms with Crippen LogP contribution >= 0.6 is 46.8 Å². The topological polar surface area (TPSA) is 23.6 Å². The molecular weight excluding hydrogens is 327 g/mol. The number of amides is 2. The van der Waals surface area contributed by atoms with Gasteiger partial charge >= 0.3 is 6.03 Å². The number of rotatable bonds is 5. The molecule has 0 radical (unpaired) electrons. The minimum Gasteiger partial charge on any atom is -0.330 e. The van der Waals surface area contributed by atoms with E-state index in [1.807, 2.05) is 0 Å². The predicted octanol–water partition coefficient (Wildman–Crippen LogP) is 4.76. The zero-order valence-electron chi connectivity index (χ0n) is 10.7. The molecule has 1 aromatic rings. The molecule has 3 nitrogen and oxygen atoms in total. The number of halogens is 3. The van der Waals surface area contributed by atoms with Gasteiger partial charge < -0.3 is 4.90 Å². The summed E-state index contributed by atoms with van der Waals surface area (Å²) in [6, 6.07) is 5.00. The summed E-state index contributed by atoms with van der Waals surface area (Å²) in [7, 11) is 3.41. The average molecular weight is 342 g/mol. The summed E-state index contributed by atoms with van der Waals surface area (Å²) >= 11 is 18.9. The molecule has 0 saturated heterocycles. The lowest BCUT2D eigenvalue weighted by Gasteiger charge is -2.25. The predicted molar refractivity (Wildman–Crippen MR) is 85.8 cm³/mol. The van der Waals surface area contributed by atoms with Gasteiger partial charge in [0.2, 0.25) is 0 Å². The van der Waals surface area contributed by atoms with E-state index < -0.39 is 0 Å². The molecule has 7 heteroatoms. The Labute approximate surface area is 132 Å². The summed E-state index contributed by atoms with van der Waals surface area (Å²) in [5, 5.41) is 0.891. The second-order valence-corrected chi connectivity index (χ2v) is 6.17. The molecule has 0 saturated carbocycles. The van der Waals surface area contributed by atoms with Crippen LogP contribution in [0.5, 0.6) is 0 Å². The van der Waals surface area contributed by atoms with E-state index in [-0.39, 0.29) is 6.03 Å². The minimum atomic E-state index is -0.127. The van der Waals surface area contributed by atoms with Crippen molar-refractivity contribution in [2.45, 2.75) is 6.42 Å². The molecule has 1 aromatic carbocycles. The number of hydrogen-bond donors (Lipinski definition) is 0. The molecule has 0 aromatic heterocycles. The Kier molecular flexibility index (Phi) is 7.15. The molecule has 106 valence electrons. The molecule has 0 bridgehead atoms. The van der Waals surface area contributed by atoms with Crippen molar-refractivity contribution in [3.05, 3.63) is 28.2 Å². The van der Waals surface area contributed by atoms with Crippen molar-refractivity contribution in [3.63, 3.8) is 0 Å². The first kappa shape index (κ1) is 16.8. The van der Waals surface area contributed by atoms with E-state index in [1.54, 1.807) is 36.6 Å². The number of alkyl halides is 1. The van der Waals surface area contributed by atoms with Gasteiger partial charge in [-0.3, -0.25) is 0 Å². The van der Waals surface area contributed by atoms with E-state index in [9.17, 15) is 4.79 Å². The fourth-order valence-electron chi connectivity index (χ4n) is 1.24. The maximum atomic E-state index is 12.2. The summed E-state index contributed by atoms with van der Waals surface area (Å²) in [5.74, 6) is 1.32. The molecule has 0 heterocycles. The van der Waals surface area contributed by atoms with Crippen LogP contribution in [-0.2, 0) is 0 Å². The first-order valence-corrected chi connectivity index (χ1v) is 7.86. The average Bonchev–Trinajstić information content (AvgIpc) is 2.37. The lowest BCUT2D eigenvalue weighted by atomic mass is 10.3. The molecule has 0 aliphatic heterocycles. The van der Waals surface area contributed by atoms with Crippen LogP contribution in [0, 0.1) is 0 Å². The highest BCUT2D eigenvalue weighted by Crippen LogP contribution is 2.31. The Bertz CT molecular complexity index is 443. The van der Waals surface area contributed by atoms with Crippen LogP contribution in [0.15, 0.2) is 18.2 Å². The Morgan fingerprint density at radius 1 is 1.26 bits per heavy atom. The zero-order valence-corrected chi connectivity index (χ0v) is 13.8. The van der Waals surface area contributed by atoms with Crippen LogP contribution in [0.2, 0.25) is 10.0 Å². The fraction of sp³-hybridized carbons (Fsp3) is 0.417. The Morgan fingerprint density at radius 3 is 2.47 bits per heavy atom. The summed E-state index contributed by atoms with van der Waals surface area (Å²) in [6.45, 7) is 0. The van der Waals surface area contributed by atoms with Crippen molar-refractivity contribution in [2.75, 3.05) is 30.0 Å². The normalized spacial score (nSPS) is 10.4. The van der Waals surface area contributed by atoms with Crippen LogP contribution < -0.4 is 4.31 Å². The lowest BCUT2D eigenvalue weighted by molar-refractivity contribution is 0.228. The van der Waals surface area contributed by atoms with Crippen molar-refractivity contribution in [2.24, 2.45) is 0 Å². The Balaban J connectivity index is 2.94. The second kappa shape index (κ2) is 8.10.